The molecule has 114 valence electrons. The van der Waals surface area contributed by atoms with Crippen LogP contribution in [-0.4, -0.2) is 24.5 Å². The van der Waals surface area contributed by atoms with Crippen molar-refractivity contribution in [1.82, 2.24) is 5.32 Å². The van der Waals surface area contributed by atoms with Gasteiger partial charge >= 0.3 is 5.97 Å². The fourth-order valence-electron chi connectivity index (χ4n) is 2.38. The van der Waals surface area contributed by atoms with Crippen molar-refractivity contribution in [3.8, 4) is 0 Å². The highest BCUT2D eigenvalue weighted by Crippen LogP contribution is 2.19. The Balaban J connectivity index is 1.81. The minimum absolute atomic E-state index is 0.0345. The lowest BCUT2D eigenvalue weighted by Crippen LogP contribution is -2.38. The molecule has 6 heteroatoms. The summed E-state index contributed by atoms with van der Waals surface area (Å²) < 4.78 is 17.8. The van der Waals surface area contributed by atoms with Crippen LogP contribution in [0.5, 0.6) is 0 Å². The topological polar surface area (TPSA) is 55.4 Å². The van der Waals surface area contributed by atoms with Gasteiger partial charge < -0.3 is 10.1 Å². The fraction of sp³-hybridized carbons (Fsp3) is 0.467. The van der Waals surface area contributed by atoms with Crippen molar-refractivity contribution in [2.75, 3.05) is 6.61 Å². The van der Waals surface area contributed by atoms with E-state index in [2.05, 4.69) is 5.32 Å². The minimum atomic E-state index is -0.737. The van der Waals surface area contributed by atoms with Crippen LogP contribution in [0.2, 0.25) is 5.02 Å². The molecule has 1 aliphatic carbocycles. The van der Waals surface area contributed by atoms with Crippen molar-refractivity contribution >= 4 is 23.5 Å². The summed E-state index contributed by atoms with van der Waals surface area (Å²) in [7, 11) is 0. The summed E-state index contributed by atoms with van der Waals surface area (Å²) in [6.07, 6.45) is 5.34. The molecular formula is C15H17ClFNO3. The summed E-state index contributed by atoms with van der Waals surface area (Å²) in [4.78, 5) is 23.5. The maximum atomic E-state index is 12.9. The second kappa shape index (κ2) is 7.41. The molecule has 1 saturated carbocycles. The molecule has 0 aromatic heterocycles. The van der Waals surface area contributed by atoms with E-state index in [1.54, 1.807) is 0 Å². The Morgan fingerprint density at radius 2 is 2.00 bits per heavy atom. The Morgan fingerprint density at radius 3 is 2.67 bits per heavy atom. The maximum absolute atomic E-state index is 12.9. The van der Waals surface area contributed by atoms with Crippen LogP contribution in [0.15, 0.2) is 18.2 Å². The number of nitrogens with one attached hydrogen (secondary N) is 1. The monoisotopic (exact) mass is 313 g/mol. The SMILES string of the molecule is O=C(COC(=O)c1ccc(F)cc1Cl)NC1CCCCC1. The van der Waals surface area contributed by atoms with Gasteiger partial charge in [0.05, 0.1) is 10.6 Å². The van der Waals surface area contributed by atoms with Gasteiger partial charge in [-0.25, -0.2) is 9.18 Å². The van der Waals surface area contributed by atoms with Crippen molar-refractivity contribution in [3.63, 3.8) is 0 Å². The zero-order chi connectivity index (χ0) is 15.2. The van der Waals surface area contributed by atoms with E-state index >= 15 is 0 Å². The number of ether oxygens (including phenoxy) is 1. The molecule has 1 aromatic carbocycles. The fourth-order valence-corrected chi connectivity index (χ4v) is 2.62. The van der Waals surface area contributed by atoms with Crippen LogP contribution in [0.4, 0.5) is 4.39 Å². The summed E-state index contributed by atoms with van der Waals surface area (Å²) in [5.74, 6) is -1.60. The number of benzene rings is 1. The average molecular weight is 314 g/mol. The van der Waals surface area contributed by atoms with Crippen LogP contribution in [0.3, 0.4) is 0 Å². The van der Waals surface area contributed by atoms with Crippen molar-refractivity contribution < 1.29 is 18.7 Å². The van der Waals surface area contributed by atoms with E-state index in [4.69, 9.17) is 16.3 Å². The van der Waals surface area contributed by atoms with E-state index in [9.17, 15) is 14.0 Å². The molecule has 0 heterocycles. The zero-order valence-electron chi connectivity index (χ0n) is 11.5. The number of rotatable bonds is 4. The largest absolute Gasteiger partial charge is 0.452 e. The van der Waals surface area contributed by atoms with Crippen molar-refractivity contribution in [1.29, 1.82) is 0 Å². The molecule has 0 aliphatic heterocycles. The zero-order valence-corrected chi connectivity index (χ0v) is 12.3. The van der Waals surface area contributed by atoms with Crippen LogP contribution in [0, 0.1) is 5.82 Å². The number of halogens is 2. The highest BCUT2D eigenvalue weighted by molar-refractivity contribution is 6.33. The quantitative estimate of drug-likeness (QED) is 0.869. The second-order valence-corrected chi connectivity index (χ2v) is 5.51. The molecule has 2 rings (SSSR count). The van der Waals surface area contributed by atoms with Gasteiger partial charge in [-0.1, -0.05) is 30.9 Å². The predicted molar refractivity (Wildman–Crippen MR) is 76.7 cm³/mol. The summed E-state index contributed by atoms with van der Waals surface area (Å²) in [6.45, 7) is -0.358. The van der Waals surface area contributed by atoms with Gasteiger partial charge in [0.25, 0.3) is 5.91 Å². The van der Waals surface area contributed by atoms with Crippen LogP contribution in [-0.2, 0) is 9.53 Å². The lowest BCUT2D eigenvalue weighted by atomic mass is 9.95. The van der Waals surface area contributed by atoms with E-state index in [-0.39, 0.29) is 29.1 Å². The van der Waals surface area contributed by atoms with Gasteiger partial charge in [-0.15, -0.1) is 0 Å². The first-order valence-electron chi connectivity index (χ1n) is 6.98. The standard InChI is InChI=1S/C15H17ClFNO3/c16-13-8-10(17)6-7-12(13)15(20)21-9-14(19)18-11-4-2-1-3-5-11/h6-8,11H,1-5,9H2,(H,18,19). The highest BCUT2D eigenvalue weighted by Gasteiger charge is 2.18. The van der Waals surface area contributed by atoms with Crippen LogP contribution in [0.25, 0.3) is 0 Å². The average Bonchev–Trinajstić information content (AvgIpc) is 2.46. The molecule has 0 bridgehead atoms. The molecular weight excluding hydrogens is 297 g/mol. The summed E-state index contributed by atoms with van der Waals surface area (Å²) in [5.41, 5.74) is 0.0449. The molecule has 1 aliphatic rings. The van der Waals surface area contributed by atoms with Gasteiger partial charge in [0.1, 0.15) is 5.82 Å². The molecule has 4 nitrogen and oxygen atoms in total. The van der Waals surface area contributed by atoms with Crippen LogP contribution in [0.1, 0.15) is 42.5 Å². The molecule has 0 spiro atoms. The maximum Gasteiger partial charge on any atom is 0.340 e. The van der Waals surface area contributed by atoms with Crippen LogP contribution >= 0.6 is 11.6 Å². The minimum Gasteiger partial charge on any atom is -0.452 e. The van der Waals surface area contributed by atoms with Crippen molar-refractivity contribution in [2.24, 2.45) is 0 Å². The molecule has 0 atom stereocenters. The van der Waals surface area contributed by atoms with E-state index in [0.717, 1.165) is 37.8 Å². The normalized spacial score (nSPS) is 15.5. The van der Waals surface area contributed by atoms with E-state index in [1.807, 2.05) is 0 Å². The number of esters is 1. The van der Waals surface area contributed by atoms with Gasteiger partial charge in [0.15, 0.2) is 6.61 Å². The van der Waals surface area contributed by atoms with Crippen molar-refractivity contribution in [2.45, 2.75) is 38.1 Å². The Bertz CT molecular complexity index is 530. The van der Waals surface area contributed by atoms with Gasteiger partial charge in [0, 0.05) is 6.04 Å². The lowest BCUT2D eigenvalue weighted by molar-refractivity contribution is -0.125. The van der Waals surface area contributed by atoms with E-state index in [0.29, 0.717) is 0 Å². The summed E-state index contributed by atoms with van der Waals surface area (Å²) in [6, 6.07) is 3.54. The number of carbonyl (C=O) groups is 2. The molecule has 0 saturated heterocycles. The molecule has 1 fully saturated rings. The van der Waals surface area contributed by atoms with E-state index in [1.165, 1.54) is 12.5 Å². The molecule has 1 N–H and O–H groups in total. The first-order chi connectivity index (χ1) is 10.1. The third-order valence-electron chi connectivity index (χ3n) is 3.46. The Hall–Kier alpha value is -1.62. The molecule has 0 radical (unpaired) electrons. The highest BCUT2D eigenvalue weighted by atomic mass is 35.5. The summed E-state index contributed by atoms with van der Waals surface area (Å²) >= 11 is 5.75. The smallest absolute Gasteiger partial charge is 0.340 e. The van der Waals surface area contributed by atoms with Gasteiger partial charge in [-0.3, -0.25) is 4.79 Å². The lowest BCUT2D eigenvalue weighted by Gasteiger charge is -2.22. The Kier molecular flexibility index (Phi) is 5.56. The Morgan fingerprint density at radius 1 is 1.29 bits per heavy atom. The second-order valence-electron chi connectivity index (χ2n) is 5.10. The third kappa shape index (κ3) is 4.70. The number of carbonyl (C=O) groups excluding carboxylic acids is 2. The molecule has 1 amide bonds. The first kappa shape index (κ1) is 15.8. The Labute approximate surface area is 127 Å². The number of amides is 1. The first-order valence-corrected chi connectivity index (χ1v) is 7.35. The molecule has 1 aromatic rings. The van der Waals surface area contributed by atoms with Crippen molar-refractivity contribution in [3.05, 3.63) is 34.6 Å². The van der Waals surface area contributed by atoms with Crippen LogP contribution < -0.4 is 5.32 Å². The third-order valence-corrected chi connectivity index (χ3v) is 3.77. The molecule has 0 unspecified atom stereocenters. The van der Waals surface area contributed by atoms with Gasteiger partial charge in [-0.05, 0) is 31.0 Å². The van der Waals surface area contributed by atoms with E-state index < -0.39 is 11.8 Å². The predicted octanol–water partition coefficient (Wildman–Crippen LogP) is 3.08. The van der Waals surface area contributed by atoms with Gasteiger partial charge in [-0.2, -0.15) is 0 Å². The number of hydrogen-bond donors (Lipinski definition) is 1. The number of hydrogen-bond acceptors (Lipinski definition) is 3. The molecule has 21 heavy (non-hydrogen) atoms. The summed E-state index contributed by atoms with van der Waals surface area (Å²) in [5, 5.41) is 2.81. The van der Waals surface area contributed by atoms with Gasteiger partial charge in [0.2, 0.25) is 0 Å².